The molecular formula is C23H31N5O2. The fourth-order valence-electron chi connectivity index (χ4n) is 3.53. The molecule has 0 unspecified atom stereocenters. The van der Waals surface area contributed by atoms with Gasteiger partial charge in [0.15, 0.2) is 0 Å². The third-order valence-corrected chi connectivity index (χ3v) is 5.28. The van der Waals surface area contributed by atoms with Crippen LogP contribution >= 0.6 is 0 Å². The molecule has 0 bridgehead atoms. The van der Waals surface area contributed by atoms with Gasteiger partial charge in [-0.3, -0.25) is 14.6 Å². The van der Waals surface area contributed by atoms with Crippen LogP contribution < -0.4 is 10.2 Å². The molecule has 3 rings (SSSR count). The highest BCUT2D eigenvalue weighted by Gasteiger charge is 2.24. The Hall–Kier alpha value is -2.93. The first-order valence-electron chi connectivity index (χ1n) is 10.4. The molecule has 1 fully saturated rings. The van der Waals surface area contributed by atoms with E-state index in [4.69, 9.17) is 0 Å². The van der Waals surface area contributed by atoms with Crippen LogP contribution in [0.2, 0.25) is 0 Å². The molecule has 1 aromatic carbocycles. The van der Waals surface area contributed by atoms with E-state index in [9.17, 15) is 9.59 Å². The molecule has 160 valence electrons. The van der Waals surface area contributed by atoms with Crippen molar-refractivity contribution in [1.82, 2.24) is 14.8 Å². The summed E-state index contributed by atoms with van der Waals surface area (Å²) in [4.78, 5) is 35.1. The minimum Gasteiger partial charge on any atom is -0.366 e. The fourth-order valence-corrected chi connectivity index (χ4v) is 3.53. The molecule has 1 aliphatic heterocycles. The van der Waals surface area contributed by atoms with Gasteiger partial charge in [-0.2, -0.15) is 0 Å². The molecule has 1 N–H and O–H groups in total. The molecule has 2 heterocycles. The van der Waals surface area contributed by atoms with Crippen LogP contribution in [0.1, 0.15) is 35.7 Å². The highest BCUT2D eigenvalue weighted by Crippen LogP contribution is 2.31. The standard InChI is InChI=1S/C23H31N5O2/c1-17(2)18-7-8-20(25-23(30)19-6-5-9-24-15-19)21(14-18)27-10-12-28(13-11-27)22(29)16-26(3)4/h5-9,14-15,17H,10-13,16H2,1-4H3,(H,25,30). The number of carbonyl (C=O) groups is 2. The molecular weight excluding hydrogens is 378 g/mol. The minimum absolute atomic E-state index is 0.153. The maximum atomic E-state index is 12.7. The second kappa shape index (κ2) is 9.71. The molecule has 2 aromatic rings. The molecule has 0 atom stereocenters. The minimum atomic E-state index is -0.179. The number of rotatable bonds is 6. The summed E-state index contributed by atoms with van der Waals surface area (Å²) in [5.74, 6) is 0.358. The van der Waals surface area contributed by atoms with Crippen LogP contribution in [0.15, 0.2) is 42.7 Å². The van der Waals surface area contributed by atoms with Crippen LogP contribution in [0, 0.1) is 0 Å². The number of amides is 2. The maximum Gasteiger partial charge on any atom is 0.257 e. The number of hydrogen-bond acceptors (Lipinski definition) is 5. The van der Waals surface area contributed by atoms with Crippen molar-refractivity contribution >= 4 is 23.2 Å². The Morgan fingerprint density at radius 1 is 1.13 bits per heavy atom. The van der Waals surface area contributed by atoms with Crippen molar-refractivity contribution < 1.29 is 9.59 Å². The Kier molecular flexibility index (Phi) is 7.05. The predicted octanol–water partition coefficient (Wildman–Crippen LogP) is 2.67. The van der Waals surface area contributed by atoms with E-state index in [1.165, 1.54) is 5.56 Å². The van der Waals surface area contributed by atoms with Crippen molar-refractivity contribution in [2.45, 2.75) is 19.8 Å². The van der Waals surface area contributed by atoms with Crippen LogP contribution in [0.5, 0.6) is 0 Å². The van der Waals surface area contributed by atoms with Gasteiger partial charge in [0, 0.05) is 38.6 Å². The first-order chi connectivity index (χ1) is 14.3. The topological polar surface area (TPSA) is 68.8 Å². The Morgan fingerprint density at radius 2 is 1.87 bits per heavy atom. The SMILES string of the molecule is CC(C)c1ccc(NC(=O)c2cccnc2)c(N2CCN(C(=O)CN(C)C)CC2)c1. The lowest BCUT2D eigenvalue weighted by molar-refractivity contribution is -0.132. The highest BCUT2D eigenvalue weighted by molar-refractivity contribution is 6.05. The molecule has 1 saturated heterocycles. The second-order valence-electron chi connectivity index (χ2n) is 8.23. The molecule has 0 radical (unpaired) electrons. The smallest absolute Gasteiger partial charge is 0.257 e. The van der Waals surface area contributed by atoms with Gasteiger partial charge < -0.3 is 20.0 Å². The van der Waals surface area contributed by atoms with E-state index in [-0.39, 0.29) is 11.8 Å². The van der Waals surface area contributed by atoms with Crippen molar-refractivity contribution in [3.63, 3.8) is 0 Å². The molecule has 1 aliphatic rings. The fraction of sp³-hybridized carbons (Fsp3) is 0.435. The summed E-state index contributed by atoms with van der Waals surface area (Å²) in [6, 6.07) is 9.69. The first-order valence-corrected chi connectivity index (χ1v) is 10.4. The van der Waals surface area contributed by atoms with E-state index < -0.39 is 0 Å². The highest BCUT2D eigenvalue weighted by atomic mass is 16.2. The van der Waals surface area contributed by atoms with Crippen LogP contribution in [0.3, 0.4) is 0 Å². The molecule has 7 heteroatoms. The summed E-state index contributed by atoms with van der Waals surface area (Å²) >= 11 is 0. The summed E-state index contributed by atoms with van der Waals surface area (Å²) < 4.78 is 0. The molecule has 1 aromatic heterocycles. The van der Waals surface area contributed by atoms with Crippen LogP contribution in [-0.2, 0) is 4.79 Å². The number of pyridine rings is 1. The lowest BCUT2D eigenvalue weighted by atomic mass is 10.0. The summed E-state index contributed by atoms with van der Waals surface area (Å²) in [5.41, 5.74) is 3.52. The van der Waals surface area contributed by atoms with Crippen LogP contribution in [0.25, 0.3) is 0 Å². The van der Waals surface area contributed by atoms with Crippen molar-refractivity contribution in [3.8, 4) is 0 Å². The van der Waals surface area contributed by atoms with Gasteiger partial charge in [-0.25, -0.2) is 0 Å². The van der Waals surface area contributed by atoms with Crippen molar-refractivity contribution in [1.29, 1.82) is 0 Å². The van der Waals surface area contributed by atoms with Gasteiger partial charge in [-0.1, -0.05) is 19.9 Å². The van der Waals surface area contributed by atoms with Gasteiger partial charge >= 0.3 is 0 Å². The molecule has 2 amide bonds. The van der Waals surface area contributed by atoms with Crippen LogP contribution in [0.4, 0.5) is 11.4 Å². The molecule has 0 spiro atoms. The lowest BCUT2D eigenvalue weighted by Gasteiger charge is -2.37. The Bertz CT molecular complexity index is 874. The molecule has 30 heavy (non-hydrogen) atoms. The van der Waals surface area contributed by atoms with Gasteiger partial charge in [0.1, 0.15) is 0 Å². The molecule has 0 aliphatic carbocycles. The number of hydrogen-bond donors (Lipinski definition) is 1. The van der Waals surface area contributed by atoms with Crippen LogP contribution in [-0.4, -0.2) is 73.4 Å². The zero-order valence-corrected chi connectivity index (χ0v) is 18.3. The monoisotopic (exact) mass is 409 g/mol. The van der Waals surface area contributed by atoms with Gasteiger partial charge in [0.2, 0.25) is 5.91 Å². The number of aromatic nitrogens is 1. The van der Waals surface area contributed by atoms with Gasteiger partial charge in [-0.15, -0.1) is 0 Å². The zero-order chi connectivity index (χ0) is 21.7. The number of benzene rings is 1. The Labute approximate surface area is 178 Å². The van der Waals surface area contributed by atoms with E-state index in [0.29, 0.717) is 31.1 Å². The largest absolute Gasteiger partial charge is 0.366 e. The number of carbonyl (C=O) groups excluding carboxylic acids is 2. The van der Waals surface area contributed by atoms with Gasteiger partial charge in [-0.05, 0) is 49.8 Å². The van der Waals surface area contributed by atoms with E-state index >= 15 is 0 Å². The normalized spacial score (nSPS) is 14.3. The summed E-state index contributed by atoms with van der Waals surface area (Å²) in [5, 5.41) is 3.04. The third-order valence-electron chi connectivity index (χ3n) is 5.28. The van der Waals surface area contributed by atoms with E-state index in [1.807, 2.05) is 30.0 Å². The molecule has 0 saturated carbocycles. The third kappa shape index (κ3) is 5.36. The average Bonchev–Trinajstić information content (AvgIpc) is 2.74. The van der Waals surface area contributed by atoms with Gasteiger partial charge in [0.25, 0.3) is 5.91 Å². The predicted molar refractivity (Wildman–Crippen MR) is 120 cm³/mol. The summed E-state index contributed by atoms with van der Waals surface area (Å²) in [6.45, 7) is 7.56. The first kappa shape index (κ1) is 21.8. The quantitative estimate of drug-likeness (QED) is 0.794. The van der Waals surface area contributed by atoms with Crippen molar-refractivity contribution in [3.05, 3.63) is 53.9 Å². The summed E-state index contributed by atoms with van der Waals surface area (Å²) in [7, 11) is 3.81. The Balaban J connectivity index is 1.78. The lowest BCUT2D eigenvalue weighted by Crippen LogP contribution is -2.50. The Morgan fingerprint density at radius 3 is 2.47 bits per heavy atom. The van der Waals surface area contributed by atoms with E-state index in [2.05, 4.69) is 41.2 Å². The van der Waals surface area contributed by atoms with Crippen molar-refractivity contribution in [2.75, 3.05) is 57.0 Å². The van der Waals surface area contributed by atoms with Gasteiger partial charge in [0.05, 0.1) is 23.5 Å². The summed E-state index contributed by atoms with van der Waals surface area (Å²) in [6.07, 6.45) is 3.21. The number of likely N-dealkylation sites (N-methyl/N-ethyl adjacent to an activating group) is 1. The second-order valence-corrected chi connectivity index (χ2v) is 8.23. The number of nitrogens with zero attached hydrogens (tertiary/aromatic N) is 4. The number of anilines is 2. The molecule has 7 nitrogen and oxygen atoms in total. The van der Waals surface area contributed by atoms with E-state index in [1.54, 1.807) is 24.5 Å². The average molecular weight is 410 g/mol. The van der Waals surface area contributed by atoms with E-state index in [0.717, 1.165) is 24.5 Å². The van der Waals surface area contributed by atoms with Crippen molar-refractivity contribution in [2.24, 2.45) is 0 Å². The zero-order valence-electron chi connectivity index (χ0n) is 18.3. The number of piperazine rings is 1. The number of nitrogens with one attached hydrogen (secondary N) is 1. The maximum absolute atomic E-state index is 12.7.